The summed E-state index contributed by atoms with van der Waals surface area (Å²) in [5.41, 5.74) is 3.69. The fourth-order valence-electron chi connectivity index (χ4n) is 5.01. The van der Waals surface area contributed by atoms with E-state index in [0.717, 1.165) is 21.8 Å². The van der Waals surface area contributed by atoms with Crippen molar-refractivity contribution in [1.29, 1.82) is 0 Å². The molecule has 5 atom stereocenters. The van der Waals surface area contributed by atoms with Crippen LogP contribution in [0.25, 0.3) is 0 Å². The van der Waals surface area contributed by atoms with E-state index in [1.807, 2.05) is 67.6 Å². The molecule has 7 nitrogen and oxygen atoms in total. The second-order valence-electron chi connectivity index (χ2n) is 10.3. The largest absolute Gasteiger partial charge is 0.494 e. The summed E-state index contributed by atoms with van der Waals surface area (Å²) >= 11 is 7.92. The molecule has 1 heterocycles. The van der Waals surface area contributed by atoms with Crippen LogP contribution in [0.3, 0.4) is 0 Å². The Morgan fingerprint density at radius 3 is 2.37 bits per heavy atom. The minimum atomic E-state index is -1.41. The van der Waals surface area contributed by atoms with Gasteiger partial charge in [-0.1, -0.05) is 66.2 Å². The minimum Gasteiger partial charge on any atom is -0.494 e. The Labute approximate surface area is 260 Å². The summed E-state index contributed by atoms with van der Waals surface area (Å²) < 4.78 is 11.8. The average molecular weight is 620 g/mol. The molecule has 1 amide bonds. The normalized spacial score (nSPS) is 21.7. The van der Waals surface area contributed by atoms with Crippen molar-refractivity contribution < 1.29 is 29.6 Å². The quantitative estimate of drug-likeness (QED) is 0.164. The highest BCUT2D eigenvalue weighted by Gasteiger charge is 2.44. The molecule has 0 bridgehead atoms. The summed E-state index contributed by atoms with van der Waals surface area (Å²) in [5.74, 6) is 0.833. The minimum absolute atomic E-state index is 0.231. The summed E-state index contributed by atoms with van der Waals surface area (Å²) in [7, 11) is 0. The number of thioether (sulfide) groups is 1. The van der Waals surface area contributed by atoms with Gasteiger partial charge in [-0.05, 0) is 72.5 Å². The number of hydrogen-bond acceptors (Lipinski definition) is 7. The number of anilines is 1. The number of nitrogens with one attached hydrogen (secondary N) is 1. The molecule has 0 aliphatic carbocycles. The number of aliphatic hydroxyl groups excluding tert-OH is 3. The first-order valence-corrected chi connectivity index (χ1v) is 15.5. The van der Waals surface area contributed by atoms with Gasteiger partial charge in [-0.15, -0.1) is 11.8 Å². The van der Waals surface area contributed by atoms with Gasteiger partial charge in [0.2, 0.25) is 0 Å². The van der Waals surface area contributed by atoms with Gasteiger partial charge in [0.1, 0.15) is 30.2 Å². The molecule has 0 saturated carbocycles. The first-order chi connectivity index (χ1) is 20.8. The lowest BCUT2D eigenvalue weighted by molar-refractivity contribution is -0.218. The molecule has 9 heteroatoms. The second kappa shape index (κ2) is 14.4. The molecule has 0 aromatic heterocycles. The smallest absolute Gasteiger partial charge is 0.255 e. The molecule has 0 radical (unpaired) electrons. The molecular weight excluding hydrogens is 586 g/mol. The molecule has 0 unspecified atom stereocenters. The number of carbonyl (C=O) groups is 1. The van der Waals surface area contributed by atoms with Gasteiger partial charge in [-0.25, -0.2) is 0 Å². The topological polar surface area (TPSA) is 108 Å². The van der Waals surface area contributed by atoms with Crippen LogP contribution < -0.4 is 10.1 Å². The highest BCUT2D eigenvalue weighted by molar-refractivity contribution is 7.99. The fraction of sp³-hybridized carbons (Fsp3) is 0.265. The van der Waals surface area contributed by atoms with Crippen molar-refractivity contribution in [3.8, 4) is 5.75 Å². The van der Waals surface area contributed by atoms with E-state index in [1.54, 1.807) is 36.4 Å². The van der Waals surface area contributed by atoms with Crippen molar-refractivity contribution in [2.24, 2.45) is 0 Å². The molecule has 1 aliphatic rings. The van der Waals surface area contributed by atoms with E-state index in [0.29, 0.717) is 34.9 Å². The van der Waals surface area contributed by atoms with E-state index in [4.69, 9.17) is 21.1 Å². The zero-order chi connectivity index (χ0) is 30.3. The van der Waals surface area contributed by atoms with Gasteiger partial charge >= 0.3 is 0 Å². The van der Waals surface area contributed by atoms with Crippen molar-refractivity contribution >= 4 is 35.0 Å². The molecule has 4 aromatic carbocycles. The third kappa shape index (κ3) is 7.59. The van der Waals surface area contributed by atoms with Crippen molar-refractivity contribution in [2.75, 3.05) is 17.7 Å². The Morgan fingerprint density at radius 1 is 0.907 bits per heavy atom. The van der Waals surface area contributed by atoms with Gasteiger partial charge < -0.3 is 30.1 Å². The zero-order valence-corrected chi connectivity index (χ0v) is 25.2. The van der Waals surface area contributed by atoms with Crippen LogP contribution >= 0.6 is 23.4 Å². The van der Waals surface area contributed by atoms with E-state index >= 15 is 0 Å². The highest BCUT2D eigenvalue weighted by Crippen LogP contribution is 2.37. The third-order valence-electron chi connectivity index (χ3n) is 7.31. The Hall–Kier alpha value is -3.37. The summed E-state index contributed by atoms with van der Waals surface area (Å²) in [6, 6.07) is 29.5. The Bertz CT molecular complexity index is 1520. The van der Waals surface area contributed by atoms with E-state index in [-0.39, 0.29) is 11.7 Å². The lowest BCUT2D eigenvalue weighted by Crippen LogP contribution is -2.54. The number of benzene rings is 4. The number of halogens is 1. The maximum Gasteiger partial charge on any atom is 0.255 e. The maximum atomic E-state index is 12.8. The monoisotopic (exact) mass is 619 g/mol. The van der Waals surface area contributed by atoms with Crippen molar-refractivity contribution in [3.05, 3.63) is 124 Å². The van der Waals surface area contributed by atoms with E-state index in [9.17, 15) is 20.1 Å². The van der Waals surface area contributed by atoms with Gasteiger partial charge in [0.05, 0.1) is 18.4 Å². The molecule has 5 rings (SSSR count). The maximum absolute atomic E-state index is 12.8. The number of aliphatic hydroxyl groups is 3. The molecule has 1 saturated heterocycles. The van der Waals surface area contributed by atoms with Gasteiger partial charge in [0.25, 0.3) is 5.91 Å². The SMILES string of the molecule is CCOc1ccc(Cc2cc([C@@H]3O[C@H](CSc4ccccc4NC(=O)c4ccccc4)[C@@H](O)[C@@H](O)[C@@H]3O)ccc2Cl)cc1. The van der Waals surface area contributed by atoms with E-state index < -0.39 is 30.5 Å². The summed E-state index contributed by atoms with van der Waals surface area (Å²) in [6.45, 7) is 2.53. The van der Waals surface area contributed by atoms with Crippen LogP contribution in [0.5, 0.6) is 5.75 Å². The zero-order valence-electron chi connectivity index (χ0n) is 23.6. The highest BCUT2D eigenvalue weighted by atomic mass is 35.5. The average Bonchev–Trinajstić information content (AvgIpc) is 3.03. The molecule has 1 aliphatic heterocycles. The molecule has 1 fully saturated rings. The number of para-hydroxylation sites is 1. The first kappa shape index (κ1) is 31.1. The van der Waals surface area contributed by atoms with Crippen LogP contribution in [0.2, 0.25) is 5.02 Å². The lowest BCUT2D eigenvalue weighted by Gasteiger charge is -2.41. The van der Waals surface area contributed by atoms with Crippen LogP contribution in [0.4, 0.5) is 5.69 Å². The van der Waals surface area contributed by atoms with Gasteiger partial charge in [0, 0.05) is 21.2 Å². The van der Waals surface area contributed by atoms with Crippen LogP contribution in [0.15, 0.2) is 102 Å². The number of hydrogen-bond donors (Lipinski definition) is 4. The van der Waals surface area contributed by atoms with Crippen LogP contribution in [-0.2, 0) is 11.2 Å². The molecule has 4 N–H and O–H groups in total. The number of rotatable bonds is 10. The van der Waals surface area contributed by atoms with Gasteiger partial charge in [0.15, 0.2) is 0 Å². The van der Waals surface area contributed by atoms with Crippen molar-refractivity contribution in [2.45, 2.75) is 48.8 Å². The number of ether oxygens (including phenoxy) is 2. The summed E-state index contributed by atoms with van der Waals surface area (Å²) in [4.78, 5) is 13.5. The Morgan fingerprint density at radius 2 is 1.63 bits per heavy atom. The first-order valence-electron chi connectivity index (χ1n) is 14.1. The lowest BCUT2D eigenvalue weighted by atomic mass is 9.90. The Balaban J connectivity index is 1.30. The van der Waals surface area contributed by atoms with Crippen LogP contribution in [-0.4, -0.2) is 58.0 Å². The van der Waals surface area contributed by atoms with E-state index in [2.05, 4.69) is 5.32 Å². The van der Waals surface area contributed by atoms with Crippen LogP contribution in [0, 0.1) is 0 Å². The Kier molecular flexibility index (Phi) is 10.4. The predicted octanol–water partition coefficient (Wildman–Crippen LogP) is 5.90. The molecule has 4 aromatic rings. The third-order valence-corrected chi connectivity index (χ3v) is 8.84. The van der Waals surface area contributed by atoms with E-state index in [1.165, 1.54) is 11.8 Å². The van der Waals surface area contributed by atoms with Gasteiger partial charge in [-0.2, -0.15) is 0 Å². The molecule has 43 heavy (non-hydrogen) atoms. The summed E-state index contributed by atoms with van der Waals surface area (Å²) in [5, 5.41) is 36.0. The molecule has 0 spiro atoms. The standard InChI is InChI=1S/C34H34ClNO6S/c1-2-41-25-15-12-21(13-16-25)18-24-19-23(14-17-26(24)35)33-32(39)31(38)30(37)28(42-33)20-43-29-11-7-6-10-27(29)36-34(40)22-8-4-3-5-9-22/h3-17,19,28,30-33,37-39H,2,18,20H2,1H3,(H,36,40)/t28-,30-,31-,32+,33+/m1/s1. The number of carbonyl (C=O) groups excluding carboxylic acids is 1. The van der Waals surface area contributed by atoms with Crippen LogP contribution in [0.1, 0.15) is 40.1 Å². The number of amides is 1. The predicted molar refractivity (Wildman–Crippen MR) is 169 cm³/mol. The molecular formula is C34H34ClNO6S. The van der Waals surface area contributed by atoms with Crippen molar-refractivity contribution in [3.63, 3.8) is 0 Å². The van der Waals surface area contributed by atoms with Gasteiger partial charge in [-0.3, -0.25) is 4.79 Å². The summed E-state index contributed by atoms with van der Waals surface area (Å²) in [6.07, 6.45) is -5.18. The fourth-order valence-corrected chi connectivity index (χ4v) is 6.27. The molecule has 224 valence electrons. The second-order valence-corrected chi connectivity index (χ2v) is 11.8. The van der Waals surface area contributed by atoms with Crippen molar-refractivity contribution in [1.82, 2.24) is 0 Å².